The second-order valence-corrected chi connectivity index (χ2v) is 4.18. The first-order chi connectivity index (χ1) is 6.38. The van der Waals surface area contributed by atoms with Crippen LogP contribution >= 0.6 is 0 Å². The Balaban J connectivity index is 2.16. The number of hydrogen-bond acceptors (Lipinski definition) is 1. The number of nitrogens with zero attached hydrogens (tertiary/aromatic N) is 1. The van der Waals surface area contributed by atoms with Crippen LogP contribution < -0.4 is 0 Å². The Kier molecular flexibility index (Phi) is 1.37. The summed E-state index contributed by atoms with van der Waals surface area (Å²) in [6.45, 7) is 3.57. The highest BCUT2D eigenvalue weighted by atomic mass is 14.7. The lowest BCUT2D eigenvalue weighted by atomic mass is 9.91. The van der Waals surface area contributed by atoms with Crippen LogP contribution in [0.25, 0.3) is 0 Å². The number of aliphatic imine (C=N–C) groups is 1. The molecule has 0 saturated heterocycles. The molecule has 3 rings (SSSR count). The molecule has 0 aromatic heterocycles. The maximum absolute atomic E-state index is 3.98. The van der Waals surface area contributed by atoms with Crippen molar-refractivity contribution in [2.75, 3.05) is 0 Å². The van der Waals surface area contributed by atoms with Gasteiger partial charge in [-0.05, 0) is 61.1 Å². The molecule has 1 aromatic carbocycles. The highest BCUT2D eigenvalue weighted by Gasteiger charge is 2.36. The van der Waals surface area contributed by atoms with E-state index < -0.39 is 0 Å². The van der Waals surface area contributed by atoms with Crippen molar-refractivity contribution < 1.29 is 0 Å². The van der Waals surface area contributed by atoms with Gasteiger partial charge in [0.25, 0.3) is 0 Å². The van der Waals surface area contributed by atoms with Crippen LogP contribution in [-0.2, 0) is 0 Å². The maximum atomic E-state index is 3.98. The van der Waals surface area contributed by atoms with Crippen LogP contribution in [0.1, 0.15) is 42.2 Å². The smallest absolute Gasteiger partial charge is 0.0625 e. The Morgan fingerprint density at radius 2 is 1.92 bits per heavy atom. The van der Waals surface area contributed by atoms with Crippen molar-refractivity contribution in [3.05, 3.63) is 29.3 Å². The van der Waals surface area contributed by atoms with Crippen molar-refractivity contribution in [3.63, 3.8) is 0 Å². The van der Waals surface area contributed by atoms with E-state index in [1.165, 1.54) is 19.3 Å². The average Bonchev–Trinajstić information content (AvgIpc) is 2.77. The van der Waals surface area contributed by atoms with E-state index in [9.17, 15) is 0 Å². The minimum absolute atomic E-state index is 0.835. The monoisotopic (exact) mass is 171 g/mol. The van der Waals surface area contributed by atoms with Crippen molar-refractivity contribution in [2.24, 2.45) is 4.99 Å². The van der Waals surface area contributed by atoms with Gasteiger partial charge >= 0.3 is 0 Å². The molecule has 1 heteroatoms. The Morgan fingerprint density at radius 1 is 1.15 bits per heavy atom. The van der Waals surface area contributed by atoms with Gasteiger partial charge in [-0.25, -0.2) is 0 Å². The van der Waals surface area contributed by atoms with E-state index in [4.69, 9.17) is 0 Å². The molecule has 0 N–H and O–H groups in total. The van der Waals surface area contributed by atoms with Gasteiger partial charge in [0.15, 0.2) is 0 Å². The Hall–Kier alpha value is -1.11. The normalized spacial score (nSPS) is 28.9. The fourth-order valence-corrected chi connectivity index (χ4v) is 2.93. The van der Waals surface area contributed by atoms with Gasteiger partial charge in [0, 0.05) is 0 Å². The fraction of sp³-hybridized carbons (Fsp3) is 0.417. The topological polar surface area (TPSA) is 12.4 Å². The molecule has 2 unspecified atom stereocenters. The lowest BCUT2D eigenvalue weighted by molar-refractivity contribution is 0.717. The summed E-state index contributed by atoms with van der Waals surface area (Å²) in [6, 6.07) is 6.57. The first kappa shape index (κ1) is 7.31. The SMILES string of the molecule is C=Nc1ccc2c(c1)C1CCC2C1. The predicted molar refractivity (Wildman–Crippen MR) is 55.0 cm³/mol. The van der Waals surface area contributed by atoms with Crippen molar-refractivity contribution in [2.45, 2.75) is 31.1 Å². The summed E-state index contributed by atoms with van der Waals surface area (Å²) in [5.74, 6) is 1.69. The van der Waals surface area contributed by atoms with Crippen LogP contribution in [0.2, 0.25) is 0 Å². The maximum Gasteiger partial charge on any atom is 0.0625 e. The lowest BCUT2D eigenvalue weighted by Gasteiger charge is -2.14. The molecule has 0 amide bonds. The van der Waals surface area contributed by atoms with Gasteiger partial charge < -0.3 is 0 Å². The lowest BCUT2D eigenvalue weighted by Crippen LogP contribution is -1.96. The summed E-state index contributed by atoms with van der Waals surface area (Å²) < 4.78 is 0. The first-order valence-electron chi connectivity index (χ1n) is 4.99. The zero-order valence-electron chi connectivity index (χ0n) is 7.66. The van der Waals surface area contributed by atoms with Gasteiger partial charge in [0.1, 0.15) is 0 Å². The van der Waals surface area contributed by atoms with E-state index in [0.29, 0.717) is 0 Å². The molecule has 0 radical (unpaired) electrons. The van der Waals surface area contributed by atoms with Crippen LogP contribution in [0, 0.1) is 0 Å². The first-order valence-corrected chi connectivity index (χ1v) is 4.99. The van der Waals surface area contributed by atoms with E-state index in [2.05, 4.69) is 29.9 Å². The summed E-state index contributed by atoms with van der Waals surface area (Å²) in [7, 11) is 0. The third kappa shape index (κ3) is 0.902. The third-order valence-corrected chi connectivity index (χ3v) is 3.57. The molecule has 2 aliphatic rings. The molecular formula is C12H13N. The summed E-state index contributed by atoms with van der Waals surface area (Å²) in [6.07, 6.45) is 4.17. The van der Waals surface area contributed by atoms with Crippen molar-refractivity contribution >= 4 is 12.4 Å². The zero-order valence-corrected chi connectivity index (χ0v) is 7.66. The Labute approximate surface area is 78.5 Å². The summed E-state index contributed by atoms with van der Waals surface area (Å²) in [4.78, 5) is 3.98. The van der Waals surface area contributed by atoms with E-state index in [-0.39, 0.29) is 0 Å². The van der Waals surface area contributed by atoms with Crippen LogP contribution in [0.3, 0.4) is 0 Å². The number of rotatable bonds is 1. The molecule has 0 aliphatic heterocycles. The average molecular weight is 171 g/mol. The highest BCUT2D eigenvalue weighted by molar-refractivity contribution is 5.53. The van der Waals surface area contributed by atoms with Gasteiger partial charge in [-0.15, -0.1) is 0 Å². The van der Waals surface area contributed by atoms with Gasteiger partial charge in [0.05, 0.1) is 5.69 Å². The van der Waals surface area contributed by atoms with E-state index in [1.807, 2.05) is 0 Å². The molecule has 1 aromatic rings. The fourth-order valence-electron chi connectivity index (χ4n) is 2.93. The predicted octanol–water partition coefficient (Wildman–Crippen LogP) is 3.38. The number of benzene rings is 1. The van der Waals surface area contributed by atoms with Crippen LogP contribution in [0.4, 0.5) is 5.69 Å². The second-order valence-electron chi connectivity index (χ2n) is 4.18. The third-order valence-electron chi connectivity index (χ3n) is 3.57. The largest absolute Gasteiger partial charge is 0.265 e. The molecule has 1 fully saturated rings. The van der Waals surface area contributed by atoms with Gasteiger partial charge in [-0.1, -0.05) is 6.07 Å². The molecule has 13 heavy (non-hydrogen) atoms. The van der Waals surface area contributed by atoms with E-state index in [0.717, 1.165) is 17.5 Å². The van der Waals surface area contributed by atoms with Gasteiger partial charge in [-0.3, -0.25) is 4.99 Å². The van der Waals surface area contributed by atoms with Crippen LogP contribution in [0.15, 0.2) is 23.2 Å². The van der Waals surface area contributed by atoms with Crippen molar-refractivity contribution in [3.8, 4) is 0 Å². The van der Waals surface area contributed by atoms with E-state index in [1.54, 1.807) is 11.1 Å². The summed E-state index contributed by atoms with van der Waals surface area (Å²) >= 11 is 0. The molecule has 66 valence electrons. The zero-order chi connectivity index (χ0) is 8.84. The van der Waals surface area contributed by atoms with E-state index >= 15 is 0 Å². The highest BCUT2D eigenvalue weighted by Crippen LogP contribution is 2.53. The summed E-state index contributed by atoms with van der Waals surface area (Å²) in [5, 5.41) is 0. The molecule has 2 bridgehead atoms. The standard InChI is InChI=1S/C12H13N/c1-13-10-4-5-11-8-2-3-9(6-8)12(11)7-10/h4-5,7-9H,1-3,6H2. The Bertz CT molecular complexity index is 367. The van der Waals surface area contributed by atoms with Crippen LogP contribution in [0.5, 0.6) is 0 Å². The number of fused-ring (bicyclic) bond motifs is 5. The van der Waals surface area contributed by atoms with Crippen molar-refractivity contribution in [1.29, 1.82) is 0 Å². The molecule has 0 heterocycles. The molecule has 1 saturated carbocycles. The molecular weight excluding hydrogens is 158 g/mol. The second kappa shape index (κ2) is 2.44. The quantitative estimate of drug-likeness (QED) is 0.574. The Morgan fingerprint density at radius 3 is 2.69 bits per heavy atom. The van der Waals surface area contributed by atoms with Gasteiger partial charge in [0.2, 0.25) is 0 Å². The van der Waals surface area contributed by atoms with Crippen molar-refractivity contribution in [1.82, 2.24) is 0 Å². The summed E-state index contributed by atoms with van der Waals surface area (Å²) in [5.41, 5.74) is 4.18. The molecule has 0 spiro atoms. The molecule has 2 aliphatic carbocycles. The molecule has 1 nitrogen and oxygen atoms in total. The number of hydrogen-bond donors (Lipinski definition) is 0. The minimum Gasteiger partial charge on any atom is -0.265 e. The van der Waals surface area contributed by atoms with Crippen LogP contribution in [-0.4, -0.2) is 6.72 Å². The van der Waals surface area contributed by atoms with Gasteiger partial charge in [-0.2, -0.15) is 0 Å². The molecule has 2 atom stereocenters. The minimum atomic E-state index is 0.835.